The molecule has 1 aliphatic heterocycles. The van der Waals surface area contributed by atoms with E-state index >= 15 is 0 Å². The highest BCUT2D eigenvalue weighted by Crippen LogP contribution is 2.40. The maximum atomic E-state index is 14.1. The first-order valence-corrected chi connectivity index (χ1v) is 10.9. The third kappa shape index (κ3) is 5.70. The summed E-state index contributed by atoms with van der Waals surface area (Å²) in [7, 11) is 0.732. The monoisotopic (exact) mass is 491 g/mol. The highest BCUT2D eigenvalue weighted by Gasteiger charge is 2.24. The standard InChI is InChI=1S/C25H23BFN3O6/c1-34-22-10-15(11-23(35-2)25(22)36-26(32)33)9-20-18-7-6-16(27)12-19(18)21(30-20)13-24(31)29-14-17-5-3-4-8-28-17/h3-12,32-33H,13-14H2,1-2H3,(H,29,31). The molecule has 0 spiro atoms. The molecule has 1 aromatic heterocycles. The van der Waals surface area contributed by atoms with Gasteiger partial charge in [0.15, 0.2) is 17.2 Å². The zero-order valence-corrected chi connectivity index (χ0v) is 19.6. The molecule has 1 amide bonds. The average molecular weight is 491 g/mol. The van der Waals surface area contributed by atoms with Gasteiger partial charge in [-0.05, 0) is 54.1 Å². The molecule has 0 unspecified atom stereocenters. The van der Waals surface area contributed by atoms with Gasteiger partial charge in [0.05, 0.1) is 44.3 Å². The number of methoxy groups -OCH3 is 2. The summed E-state index contributed by atoms with van der Waals surface area (Å²) in [5, 5.41) is 21.2. The van der Waals surface area contributed by atoms with Crippen LogP contribution in [0.1, 0.15) is 28.8 Å². The van der Waals surface area contributed by atoms with E-state index in [0.717, 1.165) is 5.69 Å². The SMILES string of the molecule is COc1cc(C=C2N=C(CC(=O)NCc3ccccn3)c3cc(F)ccc32)cc(OC)c1OB(O)O. The number of carbonyl (C=O) groups excluding carboxylic acids is 1. The summed E-state index contributed by atoms with van der Waals surface area (Å²) >= 11 is 0. The number of hydrogen-bond acceptors (Lipinski definition) is 8. The van der Waals surface area contributed by atoms with Gasteiger partial charge < -0.3 is 29.5 Å². The molecule has 4 rings (SSSR count). The second-order valence-corrected chi connectivity index (χ2v) is 7.75. The Balaban J connectivity index is 1.64. The van der Waals surface area contributed by atoms with Crippen molar-refractivity contribution in [2.75, 3.05) is 14.2 Å². The number of benzene rings is 2. The summed E-state index contributed by atoms with van der Waals surface area (Å²) in [5.41, 5.74) is 3.44. The van der Waals surface area contributed by atoms with Gasteiger partial charge in [-0.1, -0.05) is 6.07 Å². The molecule has 1 aliphatic rings. The van der Waals surface area contributed by atoms with Crippen LogP contribution in [0, 0.1) is 5.82 Å². The van der Waals surface area contributed by atoms with Gasteiger partial charge in [0.2, 0.25) is 5.91 Å². The van der Waals surface area contributed by atoms with Crippen LogP contribution in [0.2, 0.25) is 0 Å². The van der Waals surface area contributed by atoms with Gasteiger partial charge in [0, 0.05) is 17.3 Å². The largest absolute Gasteiger partial charge is 0.707 e. The predicted octanol–water partition coefficient (Wildman–Crippen LogP) is 2.59. The number of nitrogens with one attached hydrogen (secondary N) is 1. The van der Waals surface area contributed by atoms with E-state index in [1.54, 1.807) is 42.6 Å². The highest BCUT2D eigenvalue weighted by atomic mass is 19.1. The summed E-state index contributed by atoms with van der Waals surface area (Å²) in [6, 6.07) is 12.9. The number of aromatic nitrogens is 1. The van der Waals surface area contributed by atoms with E-state index in [9.17, 15) is 19.2 Å². The van der Waals surface area contributed by atoms with Gasteiger partial charge in [-0.3, -0.25) is 14.8 Å². The second-order valence-electron chi connectivity index (χ2n) is 7.75. The average Bonchev–Trinajstić information content (AvgIpc) is 3.19. The van der Waals surface area contributed by atoms with E-state index in [1.165, 1.54) is 26.4 Å². The predicted molar refractivity (Wildman–Crippen MR) is 132 cm³/mol. The zero-order valence-electron chi connectivity index (χ0n) is 19.6. The fraction of sp³-hybridized carbons (Fsp3) is 0.160. The lowest BCUT2D eigenvalue weighted by atomic mass is 10.0. The van der Waals surface area contributed by atoms with Gasteiger partial charge in [0.1, 0.15) is 5.82 Å². The number of ether oxygens (including phenoxy) is 2. The van der Waals surface area contributed by atoms with Crippen LogP contribution >= 0.6 is 0 Å². The Morgan fingerprint density at radius 3 is 2.47 bits per heavy atom. The Morgan fingerprint density at radius 1 is 1.08 bits per heavy atom. The van der Waals surface area contributed by atoms with Gasteiger partial charge in [-0.15, -0.1) is 0 Å². The fourth-order valence-electron chi connectivity index (χ4n) is 3.76. The molecule has 0 aliphatic carbocycles. The molecule has 9 nitrogen and oxygen atoms in total. The number of pyridine rings is 1. The number of rotatable bonds is 9. The summed E-state index contributed by atoms with van der Waals surface area (Å²) in [6.07, 6.45) is 3.32. The van der Waals surface area contributed by atoms with E-state index in [1.807, 2.05) is 6.07 Å². The molecule has 2 aromatic carbocycles. The van der Waals surface area contributed by atoms with Crippen molar-refractivity contribution in [1.29, 1.82) is 0 Å². The zero-order chi connectivity index (χ0) is 25.7. The van der Waals surface area contributed by atoms with E-state index in [4.69, 9.17) is 14.1 Å². The molecule has 184 valence electrons. The third-order valence-electron chi connectivity index (χ3n) is 5.35. The van der Waals surface area contributed by atoms with E-state index < -0.39 is 13.1 Å². The van der Waals surface area contributed by atoms with Gasteiger partial charge in [-0.25, -0.2) is 4.39 Å². The summed E-state index contributed by atoms with van der Waals surface area (Å²) in [5.74, 6) is -0.304. The number of aliphatic imine (C=N–C) groups is 1. The topological polar surface area (TPSA) is 123 Å². The maximum absolute atomic E-state index is 14.1. The molecule has 0 saturated heterocycles. The van der Waals surface area contributed by atoms with Crippen LogP contribution in [0.15, 0.2) is 59.7 Å². The Kier molecular flexibility index (Phi) is 7.62. The van der Waals surface area contributed by atoms with Crippen LogP contribution in [0.4, 0.5) is 4.39 Å². The number of halogens is 1. The Labute approximate surface area is 207 Å². The fourth-order valence-corrected chi connectivity index (χ4v) is 3.76. The van der Waals surface area contributed by atoms with Crippen molar-refractivity contribution >= 4 is 30.7 Å². The van der Waals surface area contributed by atoms with Gasteiger partial charge >= 0.3 is 7.32 Å². The quantitative estimate of drug-likeness (QED) is 0.394. The lowest BCUT2D eigenvalue weighted by Gasteiger charge is -2.15. The Bertz CT molecular complexity index is 1310. The van der Waals surface area contributed by atoms with Gasteiger partial charge in [-0.2, -0.15) is 0 Å². The van der Waals surface area contributed by atoms with Crippen molar-refractivity contribution in [3.05, 3.63) is 82.9 Å². The number of fused-ring (bicyclic) bond motifs is 1. The first-order chi connectivity index (χ1) is 17.4. The van der Waals surface area contributed by atoms with E-state index in [0.29, 0.717) is 28.1 Å². The van der Waals surface area contributed by atoms with Crippen molar-refractivity contribution < 1.29 is 33.4 Å². The number of carbonyl (C=O) groups is 1. The molecule has 3 N–H and O–H groups in total. The lowest BCUT2D eigenvalue weighted by molar-refractivity contribution is -0.120. The van der Waals surface area contributed by atoms with Crippen LogP contribution in [-0.4, -0.2) is 48.2 Å². The smallest absolute Gasteiger partial charge is 0.506 e. The van der Waals surface area contributed by atoms with Gasteiger partial charge in [0.25, 0.3) is 0 Å². The van der Waals surface area contributed by atoms with Crippen LogP contribution < -0.4 is 19.4 Å². The minimum atomic E-state index is -2.07. The highest BCUT2D eigenvalue weighted by molar-refractivity contribution is 6.34. The third-order valence-corrected chi connectivity index (χ3v) is 5.35. The lowest BCUT2D eigenvalue weighted by Crippen LogP contribution is -2.25. The molecule has 11 heteroatoms. The molecular weight excluding hydrogens is 468 g/mol. The molecule has 0 fully saturated rings. The number of amides is 1. The molecule has 0 bridgehead atoms. The van der Waals surface area contributed by atoms with Crippen LogP contribution in [0.3, 0.4) is 0 Å². The number of hydrogen-bond donors (Lipinski definition) is 3. The van der Waals surface area contributed by atoms with Crippen LogP contribution in [0.5, 0.6) is 17.2 Å². The maximum Gasteiger partial charge on any atom is 0.707 e. The van der Waals surface area contributed by atoms with Crippen LogP contribution in [-0.2, 0) is 11.3 Å². The molecule has 36 heavy (non-hydrogen) atoms. The summed E-state index contributed by atoms with van der Waals surface area (Å²) in [6.45, 7) is 0.266. The number of nitrogens with zero attached hydrogens (tertiary/aromatic N) is 2. The second kappa shape index (κ2) is 11.0. The molecule has 0 saturated carbocycles. The summed E-state index contributed by atoms with van der Waals surface area (Å²) in [4.78, 5) is 21.4. The normalized spacial score (nSPS) is 13.1. The first kappa shape index (κ1) is 24.9. The molecule has 3 aromatic rings. The van der Waals surface area contributed by atoms with E-state index in [2.05, 4.69) is 15.3 Å². The van der Waals surface area contributed by atoms with Crippen molar-refractivity contribution in [2.24, 2.45) is 4.99 Å². The minimum Gasteiger partial charge on any atom is -0.506 e. The Hall–Kier alpha value is -4.22. The summed E-state index contributed by atoms with van der Waals surface area (Å²) < 4.78 is 29.7. The molecule has 0 atom stereocenters. The van der Waals surface area contributed by atoms with Crippen LogP contribution in [0.25, 0.3) is 11.8 Å². The molecular formula is C25H23BFN3O6. The van der Waals surface area contributed by atoms with Crippen molar-refractivity contribution in [3.8, 4) is 17.2 Å². The first-order valence-electron chi connectivity index (χ1n) is 10.9. The molecule has 0 radical (unpaired) electrons. The molecule has 2 heterocycles. The van der Waals surface area contributed by atoms with Crippen molar-refractivity contribution in [1.82, 2.24) is 10.3 Å². The van der Waals surface area contributed by atoms with Crippen molar-refractivity contribution in [3.63, 3.8) is 0 Å². The van der Waals surface area contributed by atoms with Crippen molar-refractivity contribution in [2.45, 2.75) is 13.0 Å². The Morgan fingerprint density at radius 2 is 1.83 bits per heavy atom. The minimum absolute atomic E-state index is 0.0137. The van der Waals surface area contributed by atoms with E-state index in [-0.39, 0.29) is 36.1 Å².